The second-order valence-corrected chi connectivity index (χ2v) is 11.4. The third-order valence-corrected chi connectivity index (χ3v) is 8.97. The number of benzene rings is 2. The van der Waals surface area contributed by atoms with Gasteiger partial charge in [0.05, 0.1) is 17.2 Å². The molecule has 2 saturated heterocycles. The lowest BCUT2D eigenvalue weighted by Crippen LogP contribution is -2.49. The lowest BCUT2D eigenvalue weighted by Gasteiger charge is -2.35. The Morgan fingerprint density at radius 2 is 1.55 bits per heavy atom. The molecule has 0 spiro atoms. The van der Waals surface area contributed by atoms with Crippen LogP contribution in [0, 0.1) is 0 Å². The van der Waals surface area contributed by atoms with Gasteiger partial charge in [0.2, 0.25) is 10.0 Å². The van der Waals surface area contributed by atoms with Crippen LogP contribution in [0.25, 0.3) is 11.3 Å². The molecule has 38 heavy (non-hydrogen) atoms. The maximum atomic E-state index is 13.1. The summed E-state index contributed by atoms with van der Waals surface area (Å²) in [6, 6.07) is 16.1. The van der Waals surface area contributed by atoms with E-state index in [1.807, 2.05) is 37.3 Å². The Morgan fingerprint density at radius 3 is 2.21 bits per heavy atom. The molecule has 0 unspecified atom stereocenters. The molecule has 1 aromatic heterocycles. The van der Waals surface area contributed by atoms with Crippen LogP contribution < -0.4 is 9.64 Å². The summed E-state index contributed by atoms with van der Waals surface area (Å²) >= 11 is 0. The summed E-state index contributed by atoms with van der Waals surface area (Å²) in [5, 5.41) is 0. The van der Waals surface area contributed by atoms with Gasteiger partial charge in [0, 0.05) is 56.5 Å². The second kappa shape index (κ2) is 11.5. The van der Waals surface area contributed by atoms with Crippen molar-refractivity contribution < 1.29 is 17.9 Å². The molecule has 2 fully saturated rings. The Hall–Kier alpha value is -3.50. The normalized spacial score (nSPS) is 16.9. The fourth-order valence-corrected chi connectivity index (χ4v) is 6.43. The fourth-order valence-electron chi connectivity index (χ4n) is 4.91. The zero-order valence-corrected chi connectivity index (χ0v) is 22.4. The maximum absolute atomic E-state index is 13.1. The van der Waals surface area contributed by atoms with Crippen molar-refractivity contribution in [3.63, 3.8) is 0 Å². The Kier molecular flexibility index (Phi) is 7.90. The first-order valence-electron chi connectivity index (χ1n) is 13.2. The third kappa shape index (κ3) is 5.66. The predicted molar refractivity (Wildman–Crippen MR) is 146 cm³/mol. The molecule has 3 heterocycles. The van der Waals surface area contributed by atoms with Crippen molar-refractivity contribution in [2.75, 3.05) is 50.8 Å². The highest BCUT2D eigenvalue weighted by Gasteiger charge is 2.27. The molecule has 0 atom stereocenters. The fraction of sp³-hybridized carbons (Fsp3) is 0.393. The summed E-state index contributed by atoms with van der Waals surface area (Å²) in [6.45, 7) is 6.08. The standard InChI is InChI=1S/C28H33N5O4S/c1-2-37-24-10-6-22(7-11-24)26-20-27(30-21-29-26)31-16-18-32(19-17-31)28(34)23-8-12-25(13-9-23)38(35,36)33-14-4-3-5-15-33/h6-13,20-21H,2-5,14-19H2,1H3. The number of rotatable bonds is 7. The first-order valence-corrected chi connectivity index (χ1v) is 14.6. The van der Waals surface area contributed by atoms with E-state index in [2.05, 4.69) is 14.9 Å². The van der Waals surface area contributed by atoms with Crippen LogP contribution in [0.1, 0.15) is 36.5 Å². The highest BCUT2D eigenvalue weighted by atomic mass is 32.2. The van der Waals surface area contributed by atoms with E-state index in [0.717, 1.165) is 42.1 Å². The first-order chi connectivity index (χ1) is 18.5. The largest absolute Gasteiger partial charge is 0.494 e. The Bertz CT molecular complexity index is 1350. The quantitative estimate of drug-likeness (QED) is 0.455. The summed E-state index contributed by atoms with van der Waals surface area (Å²) in [4.78, 5) is 26.2. The summed E-state index contributed by atoms with van der Waals surface area (Å²) in [6.07, 6.45) is 4.41. The van der Waals surface area contributed by atoms with Crippen LogP contribution in [-0.2, 0) is 10.0 Å². The summed E-state index contributed by atoms with van der Waals surface area (Å²) in [5.41, 5.74) is 2.31. The molecule has 0 aliphatic carbocycles. The number of anilines is 1. The highest BCUT2D eigenvalue weighted by Crippen LogP contribution is 2.25. The van der Waals surface area contributed by atoms with Gasteiger partial charge >= 0.3 is 0 Å². The molecule has 1 amide bonds. The minimum Gasteiger partial charge on any atom is -0.494 e. The van der Waals surface area contributed by atoms with Gasteiger partial charge in [-0.1, -0.05) is 6.42 Å². The van der Waals surface area contributed by atoms with E-state index in [1.165, 1.54) is 0 Å². The van der Waals surface area contributed by atoms with Gasteiger partial charge in [-0.3, -0.25) is 4.79 Å². The van der Waals surface area contributed by atoms with Crippen LogP contribution in [0.2, 0.25) is 0 Å². The minimum absolute atomic E-state index is 0.0932. The van der Waals surface area contributed by atoms with Gasteiger partial charge in [-0.15, -0.1) is 0 Å². The lowest BCUT2D eigenvalue weighted by atomic mass is 10.1. The number of hydrogen-bond donors (Lipinski definition) is 0. The Labute approximate surface area is 224 Å². The summed E-state index contributed by atoms with van der Waals surface area (Å²) in [5.74, 6) is 1.55. The molecule has 200 valence electrons. The number of piperazine rings is 1. The van der Waals surface area contributed by atoms with Crippen LogP contribution in [0.5, 0.6) is 5.75 Å². The molecule has 5 rings (SSSR count). The topological polar surface area (TPSA) is 95.9 Å². The van der Waals surface area contributed by atoms with E-state index >= 15 is 0 Å². The van der Waals surface area contributed by atoms with Crippen LogP contribution in [0.4, 0.5) is 5.82 Å². The third-order valence-electron chi connectivity index (χ3n) is 7.06. The van der Waals surface area contributed by atoms with E-state index < -0.39 is 10.0 Å². The number of carbonyl (C=O) groups is 1. The summed E-state index contributed by atoms with van der Waals surface area (Å²) in [7, 11) is -3.51. The van der Waals surface area contributed by atoms with Crippen LogP contribution in [0.3, 0.4) is 0 Å². The van der Waals surface area contributed by atoms with Crippen LogP contribution in [0.15, 0.2) is 65.8 Å². The molecular formula is C28H33N5O4S. The zero-order chi connectivity index (χ0) is 26.5. The van der Waals surface area contributed by atoms with Gasteiger partial charge in [0.1, 0.15) is 17.9 Å². The molecule has 0 bridgehead atoms. The van der Waals surface area contributed by atoms with E-state index in [9.17, 15) is 13.2 Å². The van der Waals surface area contributed by atoms with Crippen molar-refractivity contribution in [2.24, 2.45) is 0 Å². The van der Waals surface area contributed by atoms with Crippen molar-refractivity contribution >= 4 is 21.7 Å². The van der Waals surface area contributed by atoms with Crippen molar-refractivity contribution in [3.05, 3.63) is 66.5 Å². The average Bonchev–Trinajstić information content (AvgIpc) is 2.98. The van der Waals surface area contributed by atoms with Gasteiger partial charge in [0.25, 0.3) is 5.91 Å². The monoisotopic (exact) mass is 535 g/mol. The van der Waals surface area contributed by atoms with Gasteiger partial charge in [0.15, 0.2) is 0 Å². The number of piperidine rings is 1. The number of aromatic nitrogens is 2. The van der Waals surface area contributed by atoms with E-state index in [1.54, 1.807) is 39.8 Å². The zero-order valence-electron chi connectivity index (χ0n) is 21.6. The molecule has 2 aromatic carbocycles. The minimum atomic E-state index is -3.51. The highest BCUT2D eigenvalue weighted by molar-refractivity contribution is 7.89. The summed E-state index contributed by atoms with van der Waals surface area (Å²) < 4.78 is 32.9. The number of carbonyl (C=O) groups excluding carboxylic acids is 1. The number of hydrogen-bond acceptors (Lipinski definition) is 7. The second-order valence-electron chi connectivity index (χ2n) is 9.49. The molecule has 0 N–H and O–H groups in total. The molecule has 2 aliphatic rings. The van der Waals surface area contributed by atoms with Gasteiger partial charge in [-0.2, -0.15) is 4.31 Å². The van der Waals surface area contributed by atoms with Crippen molar-refractivity contribution in [3.8, 4) is 17.0 Å². The predicted octanol–water partition coefficient (Wildman–Crippen LogP) is 3.68. The molecule has 3 aromatic rings. The number of amides is 1. The Morgan fingerprint density at radius 1 is 0.868 bits per heavy atom. The Balaban J connectivity index is 1.20. The van der Waals surface area contributed by atoms with Gasteiger partial charge in [-0.25, -0.2) is 18.4 Å². The lowest BCUT2D eigenvalue weighted by molar-refractivity contribution is 0.0746. The maximum Gasteiger partial charge on any atom is 0.253 e. The van der Waals surface area contributed by atoms with Crippen molar-refractivity contribution in [2.45, 2.75) is 31.1 Å². The molecule has 2 aliphatic heterocycles. The van der Waals surface area contributed by atoms with Crippen molar-refractivity contribution in [1.29, 1.82) is 0 Å². The number of ether oxygens (including phenoxy) is 1. The average molecular weight is 536 g/mol. The molecular weight excluding hydrogens is 502 g/mol. The molecule has 0 saturated carbocycles. The molecule has 0 radical (unpaired) electrons. The van der Waals surface area contributed by atoms with Crippen LogP contribution in [-0.4, -0.2) is 79.4 Å². The number of nitrogens with zero attached hydrogens (tertiary/aromatic N) is 5. The van der Waals surface area contributed by atoms with Gasteiger partial charge in [-0.05, 0) is 68.3 Å². The first kappa shape index (κ1) is 26.1. The smallest absolute Gasteiger partial charge is 0.253 e. The SMILES string of the molecule is CCOc1ccc(-c2cc(N3CCN(C(=O)c4ccc(S(=O)(=O)N5CCCCC5)cc4)CC3)ncn2)cc1. The molecule has 9 nitrogen and oxygen atoms in total. The van der Waals surface area contributed by atoms with E-state index in [-0.39, 0.29) is 10.8 Å². The van der Waals surface area contributed by atoms with Crippen molar-refractivity contribution in [1.82, 2.24) is 19.2 Å². The van der Waals surface area contributed by atoms with E-state index in [4.69, 9.17) is 4.74 Å². The van der Waals surface area contributed by atoms with Gasteiger partial charge < -0.3 is 14.5 Å². The number of sulfonamides is 1. The van der Waals surface area contributed by atoms with E-state index in [0.29, 0.717) is 51.4 Å². The van der Waals surface area contributed by atoms with Crippen LogP contribution >= 0.6 is 0 Å². The molecule has 10 heteroatoms.